The molecule has 1 saturated carbocycles. The van der Waals surface area contributed by atoms with Gasteiger partial charge in [0.25, 0.3) is 0 Å². The van der Waals surface area contributed by atoms with E-state index in [4.69, 9.17) is 10.1 Å². The van der Waals surface area contributed by atoms with E-state index in [1.165, 1.54) is 83.5 Å². The molecule has 0 spiro atoms. The van der Waals surface area contributed by atoms with Gasteiger partial charge in [0, 0.05) is 0 Å². The first-order valence-electron chi connectivity index (χ1n) is 8.57. The van der Waals surface area contributed by atoms with Crippen molar-refractivity contribution in [1.29, 1.82) is 0 Å². The molecule has 120 valence electrons. The summed E-state index contributed by atoms with van der Waals surface area (Å²) in [6.07, 6.45) is 19.3. The summed E-state index contributed by atoms with van der Waals surface area (Å²) >= 11 is 0. The predicted molar refractivity (Wildman–Crippen MR) is 78.9 cm³/mol. The fourth-order valence-corrected chi connectivity index (χ4v) is 3.00. The van der Waals surface area contributed by atoms with E-state index in [1.807, 2.05) is 0 Å². The Morgan fingerprint density at radius 3 is 1.25 bits per heavy atom. The lowest BCUT2D eigenvalue weighted by Crippen LogP contribution is -2.13. The van der Waals surface area contributed by atoms with Crippen molar-refractivity contribution in [2.24, 2.45) is 0 Å². The zero-order valence-corrected chi connectivity index (χ0v) is 12.9. The van der Waals surface area contributed by atoms with E-state index in [9.17, 15) is 0 Å². The Hall–Kier alpha value is -0.160. The molecular weight excluding hydrogens is 256 g/mol. The van der Waals surface area contributed by atoms with Crippen LogP contribution in [0, 0.1) is 0 Å². The fraction of sp³-hybridized carbons (Fsp3) is 1.00. The molecule has 0 aromatic rings. The Bertz CT molecular complexity index is 183. The summed E-state index contributed by atoms with van der Waals surface area (Å²) in [4.78, 5) is 5.06. The van der Waals surface area contributed by atoms with Gasteiger partial charge in [0.05, 0.1) is 6.10 Å². The van der Waals surface area contributed by atoms with Crippen LogP contribution in [0.25, 0.3) is 0 Å². The zero-order chi connectivity index (χ0) is 14.3. The summed E-state index contributed by atoms with van der Waals surface area (Å²) in [5.41, 5.74) is 0. The SMILES string of the molecule is OOOOC1CCCCCCCCCCCCCCC1. The summed E-state index contributed by atoms with van der Waals surface area (Å²) in [7, 11) is 0. The molecule has 0 aliphatic heterocycles. The van der Waals surface area contributed by atoms with E-state index in [-0.39, 0.29) is 6.10 Å². The van der Waals surface area contributed by atoms with Gasteiger partial charge in [-0.1, -0.05) is 83.5 Å². The molecule has 1 aliphatic rings. The highest BCUT2D eigenvalue weighted by atomic mass is 17.6. The van der Waals surface area contributed by atoms with Crippen LogP contribution in [0.5, 0.6) is 0 Å². The van der Waals surface area contributed by atoms with E-state index >= 15 is 0 Å². The second kappa shape index (κ2) is 13.8. The van der Waals surface area contributed by atoms with E-state index in [2.05, 4.69) is 10.1 Å². The van der Waals surface area contributed by atoms with Crippen LogP contribution in [0.4, 0.5) is 0 Å². The Morgan fingerprint density at radius 2 is 0.900 bits per heavy atom. The standard InChI is InChI=1S/C16H32O4/c17-19-20-18-16-14-12-10-8-6-4-2-1-3-5-7-9-11-13-15-16/h16-17H,1-15H2. The smallest absolute Gasteiger partial charge is 0.0962 e. The van der Waals surface area contributed by atoms with Crippen molar-refractivity contribution in [2.45, 2.75) is 102 Å². The van der Waals surface area contributed by atoms with Crippen LogP contribution < -0.4 is 0 Å². The van der Waals surface area contributed by atoms with Gasteiger partial charge in [-0.3, -0.25) is 0 Å². The molecule has 4 heteroatoms. The molecule has 0 aromatic carbocycles. The molecule has 4 nitrogen and oxygen atoms in total. The molecule has 20 heavy (non-hydrogen) atoms. The number of hydrogen-bond donors (Lipinski definition) is 1. The van der Waals surface area contributed by atoms with Gasteiger partial charge in [0.2, 0.25) is 0 Å². The summed E-state index contributed by atoms with van der Waals surface area (Å²) in [6.45, 7) is 0. The van der Waals surface area contributed by atoms with Gasteiger partial charge >= 0.3 is 0 Å². The first-order valence-corrected chi connectivity index (χ1v) is 8.57. The zero-order valence-electron chi connectivity index (χ0n) is 12.9. The van der Waals surface area contributed by atoms with Crippen molar-refractivity contribution in [3.63, 3.8) is 0 Å². The molecule has 0 unspecified atom stereocenters. The summed E-state index contributed by atoms with van der Waals surface area (Å²) in [6, 6.07) is 0. The molecule has 0 heterocycles. The highest BCUT2D eigenvalue weighted by Gasteiger charge is 2.11. The fourth-order valence-electron chi connectivity index (χ4n) is 3.00. The minimum absolute atomic E-state index is 0.0510. The maximum absolute atomic E-state index is 8.18. The molecule has 1 rings (SSSR count). The van der Waals surface area contributed by atoms with Crippen LogP contribution in [0.3, 0.4) is 0 Å². The highest BCUT2D eigenvalue weighted by Crippen LogP contribution is 2.18. The summed E-state index contributed by atoms with van der Waals surface area (Å²) < 4.78 is 0. The lowest BCUT2D eigenvalue weighted by molar-refractivity contribution is -0.632. The first kappa shape index (κ1) is 17.9. The average Bonchev–Trinajstić information content (AvgIpc) is 2.46. The third-order valence-electron chi connectivity index (χ3n) is 4.26. The molecule has 1 aliphatic carbocycles. The van der Waals surface area contributed by atoms with Gasteiger partial charge in [-0.15, -0.1) is 0 Å². The van der Waals surface area contributed by atoms with E-state index in [0.29, 0.717) is 0 Å². The molecule has 0 bridgehead atoms. The van der Waals surface area contributed by atoms with Crippen molar-refractivity contribution >= 4 is 0 Å². The maximum Gasteiger partial charge on any atom is 0.0962 e. The Kier molecular flexibility index (Phi) is 12.3. The van der Waals surface area contributed by atoms with Crippen molar-refractivity contribution in [1.82, 2.24) is 0 Å². The molecule has 0 amide bonds. The third-order valence-corrected chi connectivity index (χ3v) is 4.26. The van der Waals surface area contributed by atoms with Gasteiger partial charge < -0.3 is 0 Å². The number of hydrogen-bond acceptors (Lipinski definition) is 4. The Labute approximate surface area is 123 Å². The first-order chi connectivity index (χ1) is 9.93. The van der Waals surface area contributed by atoms with Crippen molar-refractivity contribution in [2.75, 3.05) is 0 Å². The van der Waals surface area contributed by atoms with Gasteiger partial charge in [-0.25, -0.2) is 10.1 Å². The third kappa shape index (κ3) is 10.6. The van der Waals surface area contributed by atoms with Gasteiger partial charge in [-0.2, -0.15) is 0 Å². The summed E-state index contributed by atoms with van der Waals surface area (Å²) in [5, 5.41) is 16.0. The van der Waals surface area contributed by atoms with Crippen LogP contribution in [0.15, 0.2) is 0 Å². The largest absolute Gasteiger partial charge is 0.219 e. The predicted octanol–water partition coefficient (Wildman–Crippen LogP) is 5.57. The quantitative estimate of drug-likeness (QED) is 0.544. The van der Waals surface area contributed by atoms with E-state index < -0.39 is 0 Å². The van der Waals surface area contributed by atoms with Crippen molar-refractivity contribution in [3.8, 4) is 0 Å². The minimum atomic E-state index is 0.0510. The molecule has 0 aromatic heterocycles. The lowest BCUT2D eigenvalue weighted by atomic mass is 10.00. The Morgan fingerprint density at radius 1 is 0.550 bits per heavy atom. The molecular formula is C16H32O4. The Balaban J connectivity index is 2.20. The highest BCUT2D eigenvalue weighted by molar-refractivity contribution is 4.59. The lowest BCUT2D eigenvalue weighted by Gasteiger charge is -2.14. The minimum Gasteiger partial charge on any atom is -0.219 e. The molecule has 0 atom stereocenters. The summed E-state index contributed by atoms with van der Waals surface area (Å²) in [5.74, 6) is 0. The average molecular weight is 288 g/mol. The van der Waals surface area contributed by atoms with Crippen LogP contribution in [0.1, 0.15) is 96.3 Å². The second-order valence-electron chi connectivity index (χ2n) is 6.03. The molecule has 1 N–H and O–H groups in total. The van der Waals surface area contributed by atoms with Crippen LogP contribution in [-0.4, -0.2) is 11.4 Å². The van der Waals surface area contributed by atoms with Gasteiger partial charge in [-0.05, 0) is 22.9 Å². The number of rotatable bonds is 3. The van der Waals surface area contributed by atoms with Crippen LogP contribution in [-0.2, 0) is 15.0 Å². The van der Waals surface area contributed by atoms with Gasteiger partial charge in [0.1, 0.15) is 0 Å². The normalized spacial score (nSPS) is 22.6. The van der Waals surface area contributed by atoms with Crippen molar-refractivity contribution < 1.29 is 20.2 Å². The van der Waals surface area contributed by atoms with Crippen molar-refractivity contribution in [3.05, 3.63) is 0 Å². The van der Waals surface area contributed by atoms with Crippen LogP contribution >= 0.6 is 0 Å². The second-order valence-corrected chi connectivity index (χ2v) is 6.03. The van der Waals surface area contributed by atoms with E-state index in [1.54, 1.807) is 0 Å². The molecule has 0 saturated heterocycles. The topological polar surface area (TPSA) is 47.9 Å². The van der Waals surface area contributed by atoms with Crippen LogP contribution in [0.2, 0.25) is 0 Å². The molecule has 1 fully saturated rings. The maximum atomic E-state index is 8.18. The van der Waals surface area contributed by atoms with E-state index in [0.717, 1.165) is 12.8 Å². The van der Waals surface area contributed by atoms with Gasteiger partial charge in [0.15, 0.2) is 0 Å². The molecule has 0 radical (unpaired) electrons. The monoisotopic (exact) mass is 288 g/mol.